The predicted molar refractivity (Wildman–Crippen MR) is 109 cm³/mol. The van der Waals surface area contributed by atoms with Crippen LogP contribution in [0, 0.1) is 12.8 Å². The number of hydrogen-bond acceptors (Lipinski definition) is 7. The molecule has 2 aromatic rings. The standard InChI is InChI=1S/C19H27ClN6O2/c1-11(2)15-6-9-28-18-16(23-19-21-10-14(20)17(22-15)24-19)12(3)26(25-18)13-4-7-27-8-5-13/h10-11,13,15H,4-9H2,1-3H3,(H2,21,22,23,24)/t15-/m1/s1. The van der Waals surface area contributed by atoms with Crippen LogP contribution in [0.15, 0.2) is 6.20 Å². The molecule has 0 unspecified atom stereocenters. The summed E-state index contributed by atoms with van der Waals surface area (Å²) >= 11 is 6.32. The molecule has 2 bridgehead atoms. The number of nitrogens with one attached hydrogen (secondary N) is 2. The van der Waals surface area contributed by atoms with E-state index in [4.69, 9.17) is 26.2 Å². The van der Waals surface area contributed by atoms with Gasteiger partial charge in [0.1, 0.15) is 10.7 Å². The molecular weight excluding hydrogens is 380 g/mol. The van der Waals surface area contributed by atoms with Crippen LogP contribution in [0.2, 0.25) is 5.02 Å². The Hall–Kier alpha value is -2.06. The fraction of sp³-hybridized carbons (Fsp3) is 0.632. The van der Waals surface area contributed by atoms with Crippen LogP contribution in [-0.4, -0.2) is 45.6 Å². The van der Waals surface area contributed by atoms with Gasteiger partial charge in [0.25, 0.3) is 5.88 Å². The first-order valence-electron chi connectivity index (χ1n) is 9.88. The Morgan fingerprint density at radius 1 is 1.21 bits per heavy atom. The molecule has 2 aliphatic heterocycles. The van der Waals surface area contributed by atoms with E-state index in [0.717, 1.165) is 43.9 Å². The van der Waals surface area contributed by atoms with E-state index < -0.39 is 0 Å². The van der Waals surface area contributed by atoms with Crippen molar-refractivity contribution in [2.45, 2.75) is 52.1 Å². The Morgan fingerprint density at radius 3 is 2.75 bits per heavy atom. The third-order valence-corrected chi connectivity index (χ3v) is 5.71. The Labute approximate surface area is 170 Å². The zero-order valence-electron chi connectivity index (χ0n) is 16.5. The maximum absolute atomic E-state index is 6.32. The first-order chi connectivity index (χ1) is 13.5. The molecule has 0 aliphatic carbocycles. The molecular formula is C19H27ClN6O2. The highest BCUT2D eigenvalue weighted by Gasteiger charge is 2.26. The van der Waals surface area contributed by atoms with Crippen molar-refractivity contribution < 1.29 is 9.47 Å². The number of fused-ring (bicyclic) bond motifs is 3. The van der Waals surface area contributed by atoms with Crippen molar-refractivity contribution in [1.29, 1.82) is 0 Å². The van der Waals surface area contributed by atoms with E-state index in [0.29, 0.717) is 41.2 Å². The average Bonchev–Trinajstić information content (AvgIpc) is 2.98. The Bertz CT molecular complexity index is 834. The van der Waals surface area contributed by atoms with Crippen molar-refractivity contribution in [1.82, 2.24) is 19.7 Å². The molecule has 2 N–H and O–H groups in total. The second-order valence-electron chi connectivity index (χ2n) is 7.70. The van der Waals surface area contributed by atoms with Crippen LogP contribution in [-0.2, 0) is 4.74 Å². The van der Waals surface area contributed by atoms with E-state index in [1.54, 1.807) is 6.20 Å². The van der Waals surface area contributed by atoms with Gasteiger partial charge in [-0.05, 0) is 25.7 Å². The van der Waals surface area contributed by atoms with Gasteiger partial charge < -0.3 is 20.1 Å². The summed E-state index contributed by atoms with van der Waals surface area (Å²) < 4.78 is 13.7. The molecule has 4 rings (SSSR count). The summed E-state index contributed by atoms with van der Waals surface area (Å²) in [7, 11) is 0. The lowest BCUT2D eigenvalue weighted by Crippen LogP contribution is -2.28. The molecule has 0 amide bonds. The van der Waals surface area contributed by atoms with Crippen molar-refractivity contribution in [3.05, 3.63) is 16.9 Å². The summed E-state index contributed by atoms with van der Waals surface area (Å²) in [5, 5.41) is 12.0. The fourth-order valence-corrected chi connectivity index (χ4v) is 3.84. The molecule has 0 aromatic carbocycles. The lowest BCUT2D eigenvalue weighted by molar-refractivity contribution is 0.0652. The number of aromatic nitrogens is 4. The van der Waals surface area contributed by atoms with E-state index in [1.807, 2.05) is 6.92 Å². The van der Waals surface area contributed by atoms with E-state index in [-0.39, 0.29) is 6.04 Å². The van der Waals surface area contributed by atoms with Crippen LogP contribution in [0.25, 0.3) is 0 Å². The van der Waals surface area contributed by atoms with Crippen LogP contribution >= 0.6 is 11.6 Å². The van der Waals surface area contributed by atoms with Crippen molar-refractivity contribution >= 4 is 29.1 Å². The SMILES string of the molecule is Cc1c2c(nn1C1CCOCC1)OCC[C@H](C(C)C)Nc1nc(ncc1Cl)N2. The van der Waals surface area contributed by atoms with E-state index in [9.17, 15) is 0 Å². The molecule has 1 saturated heterocycles. The third kappa shape index (κ3) is 3.89. The Kier molecular flexibility index (Phi) is 5.59. The predicted octanol–water partition coefficient (Wildman–Crippen LogP) is 3.95. The minimum atomic E-state index is 0.181. The lowest BCUT2D eigenvalue weighted by atomic mass is 10.0. The van der Waals surface area contributed by atoms with Gasteiger partial charge in [-0.15, -0.1) is 5.10 Å². The van der Waals surface area contributed by atoms with Crippen molar-refractivity contribution in [2.75, 3.05) is 30.5 Å². The largest absolute Gasteiger partial charge is 0.475 e. The number of hydrogen-bond donors (Lipinski definition) is 2. The van der Waals surface area contributed by atoms with Gasteiger partial charge in [-0.1, -0.05) is 25.4 Å². The van der Waals surface area contributed by atoms with Gasteiger partial charge in [-0.3, -0.25) is 4.68 Å². The summed E-state index contributed by atoms with van der Waals surface area (Å²) in [6, 6.07) is 0.492. The highest BCUT2D eigenvalue weighted by atomic mass is 35.5. The number of anilines is 3. The van der Waals surface area contributed by atoms with Gasteiger partial charge in [0, 0.05) is 25.7 Å². The topological polar surface area (TPSA) is 86.1 Å². The summed E-state index contributed by atoms with van der Waals surface area (Å²) in [5.41, 5.74) is 1.82. The van der Waals surface area contributed by atoms with Gasteiger partial charge in [0.2, 0.25) is 5.95 Å². The van der Waals surface area contributed by atoms with Gasteiger partial charge in [-0.2, -0.15) is 4.98 Å². The second kappa shape index (κ2) is 8.13. The fourth-order valence-electron chi connectivity index (χ4n) is 3.69. The quantitative estimate of drug-likeness (QED) is 0.780. The highest BCUT2D eigenvalue weighted by Crippen LogP contribution is 2.35. The summed E-state index contributed by atoms with van der Waals surface area (Å²) in [4.78, 5) is 8.93. The maximum atomic E-state index is 6.32. The average molecular weight is 407 g/mol. The molecule has 4 heterocycles. The van der Waals surface area contributed by atoms with Gasteiger partial charge in [0.15, 0.2) is 5.82 Å². The van der Waals surface area contributed by atoms with Crippen LogP contribution < -0.4 is 15.4 Å². The van der Waals surface area contributed by atoms with Crippen LogP contribution in [0.5, 0.6) is 5.88 Å². The van der Waals surface area contributed by atoms with Crippen LogP contribution in [0.4, 0.5) is 17.5 Å². The molecule has 1 fully saturated rings. The first kappa shape index (κ1) is 19.3. The van der Waals surface area contributed by atoms with Crippen molar-refractivity contribution in [3.63, 3.8) is 0 Å². The van der Waals surface area contributed by atoms with Gasteiger partial charge in [-0.25, -0.2) is 4.98 Å². The molecule has 2 aliphatic rings. The molecule has 2 aromatic heterocycles. The van der Waals surface area contributed by atoms with E-state index >= 15 is 0 Å². The molecule has 9 heteroatoms. The summed E-state index contributed by atoms with van der Waals surface area (Å²) in [6.07, 6.45) is 4.33. The number of halogens is 1. The smallest absolute Gasteiger partial charge is 0.257 e. The second-order valence-corrected chi connectivity index (χ2v) is 8.11. The van der Waals surface area contributed by atoms with E-state index in [2.05, 4.69) is 39.1 Å². The van der Waals surface area contributed by atoms with Crippen LogP contribution in [0.3, 0.4) is 0 Å². The molecule has 0 saturated carbocycles. The number of nitrogens with zero attached hydrogens (tertiary/aromatic N) is 4. The monoisotopic (exact) mass is 406 g/mol. The molecule has 0 spiro atoms. The minimum absolute atomic E-state index is 0.181. The zero-order chi connectivity index (χ0) is 19.7. The first-order valence-corrected chi connectivity index (χ1v) is 10.3. The number of rotatable bonds is 2. The van der Waals surface area contributed by atoms with Crippen LogP contribution in [0.1, 0.15) is 44.8 Å². The minimum Gasteiger partial charge on any atom is -0.475 e. The van der Waals surface area contributed by atoms with Crippen molar-refractivity contribution in [3.8, 4) is 5.88 Å². The summed E-state index contributed by atoms with van der Waals surface area (Å²) in [6.45, 7) is 8.45. The normalized spacial score (nSPS) is 20.5. The van der Waals surface area contributed by atoms with Crippen molar-refractivity contribution in [2.24, 2.45) is 5.92 Å². The lowest BCUT2D eigenvalue weighted by Gasteiger charge is -2.24. The Balaban J connectivity index is 1.71. The highest BCUT2D eigenvalue weighted by molar-refractivity contribution is 6.32. The molecule has 0 radical (unpaired) electrons. The third-order valence-electron chi connectivity index (χ3n) is 5.43. The molecule has 1 atom stereocenters. The molecule has 152 valence electrons. The van der Waals surface area contributed by atoms with Gasteiger partial charge >= 0.3 is 0 Å². The maximum Gasteiger partial charge on any atom is 0.257 e. The van der Waals surface area contributed by atoms with E-state index in [1.165, 1.54) is 0 Å². The molecule has 8 nitrogen and oxygen atoms in total. The number of ether oxygens (including phenoxy) is 2. The Morgan fingerprint density at radius 2 is 2.00 bits per heavy atom. The molecule has 28 heavy (non-hydrogen) atoms. The summed E-state index contributed by atoms with van der Waals surface area (Å²) in [5.74, 6) is 2.09. The van der Waals surface area contributed by atoms with Gasteiger partial charge in [0.05, 0.1) is 24.5 Å². The zero-order valence-corrected chi connectivity index (χ0v) is 17.3.